The van der Waals surface area contributed by atoms with E-state index < -0.39 is 24.1 Å². The van der Waals surface area contributed by atoms with Crippen molar-refractivity contribution in [1.82, 2.24) is 10.6 Å². The van der Waals surface area contributed by atoms with E-state index in [4.69, 9.17) is 9.84 Å². The van der Waals surface area contributed by atoms with Gasteiger partial charge in [0.25, 0.3) is 0 Å². The summed E-state index contributed by atoms with van der Waals surface area (Å²) in [6, 6.07) is 15.1. The molecule has 0 aromatic heterocycles. The summed E-state index contributed by atoms with van der Waals surface area (Å²) in [5, 5.41) is 14.8. The van der Waals surface area contributed by atoms with E-state index in [1.165, 1.54) is 0 Å². The van der Waals surface area contributed by atoms with Gasteiger partial charge >= 0.3 is 12.1 Å². The Kier molecular flexibility index (Phi) is 7.50. The molecule has 1 unspecified atom stereocenters. The van der Waals surface area contributed by atoms with Crippen molar-refractivity contribution >= 4 is 18.0 Å². The summed E-state index contributed by atoms with van der Waals surface area (Å²) in [6.45, 7) is 2.12. The third-order valence-electron chi connectivity index (χ3n) is 6.93. The van der Waals surface area contributed by atoms with Crippen LogP contribution >= 0.6 is 0 Å². The lowest BCUT2D eigenvalue weighted by atomic mass is 9.79. The van der Waals surface area contributed by atoms with E-state index in [-0.39, 0.29) is 30.8 Å². The highest BCUT2D eigenvalue weighted by atomic mass is 16.5. The summed E-state index contributed by atoms with van der Waals surface area (Å²) in [4.78, 5) is 36.9. The summed E-state index contributed by atoms with van der Waals surface area (Å²) < 4.78 is 5.63. The van der Waals surface area contributed by atoms with Crippen molar-refractivity contribution in [2.75, 3.05) is 6.61 Å². The normalized spacial score (nSPS) is 16.5. The Labute approximate surface area is 199 Å². The van der Waals surface area contributed by atoms with E-state index in [1.807, 2.05) is 31.2 Å². The lowest BCUT2D eigenvalue weighted by Crippen LogP contribution is -2.54. The van der Waals surface area contributed by atoms with Crippen LogP contribution in [0, 0.1) is 5.92 Å². The molecule has 1 saturated carbocycles. The van der Waals surface area contributed by atoms with Crippen molar-refractivity contribution < 1.29 is 24.2 Å². The first-order valence-corrected chi connectivity index (χ1v) is 12.1. The fraction of sp³-hybridized carbons (Fsp3) is 0.444. The number of rotatable bonds is 10. The maximum Gasteiger partial charge on any atom is 0.407 e. The van der Waals surface area contributed by atoms with Crippen LogP contribution < -0.4 is 10.6 Å². The Hall–Kier alpha value is -3.35. The number of carbonyl (C=O) groups excluding carboxylic acids is 2. The van der Waals surface area contributed by atoms with Crippen LogP contribution in [0.3, 0.4) is 0 Å². The van der Waals surface area contributed by atoms with Crippen LogP contribution in [0.5, 0.6) is 0 Å². The molecule has 3 N–H and O–H groups in total. The van der Waals surface area contributed by atoms with Gasteiger partial charge < -0.3 is 20.5 Å². The van der Waals surface area contributed by atoms with Gasteiger partial charge in [-0.2, -0.15) is 0 Å². The average molecular weight is 465 g/mol. The van der Waals surface area contributed by atoms with Crippen LogP contribution in [0.2, 0.25) is 0 Å². The molecule has 2 aromatic rings. The first-order valence-electron chi connectivity index (χ1n) is 12.1. The highest BCUT2D eigenvalue weighted by molar-refractivity contribution is 5.87. The van der Waals surface area contributed by atoms with Gasteiger partial charge in [-0.05, 0) is 47.4 Å². The molecular weight excluding hydrogens is 432 g/mol. The van der Waals surface area contributed by atoms with Crippen LogP contribution in [-0.4, -0.2) is 41.8 Å². The fourth-order valence-corrected chi connectivity index (χ4v) is 5.01. The third kappa shape index (κ3) is 5.24. The van der Waals surface area contributed by atoms with Gasteiger partial charge in [-0.1, -0.05) is 68.3 Å². The smallest absolute Gasteiger partial charge is 0.407 e. The molecule has 2 aromatic carbocycles. The molecule has 0 aliphatic heterocycles. The van der Waals surface area contributed by atoms with Gasteiger partial charge in [-0.15, -0.1) is 0 Å². The molecule has 0 bridgehead atoms. The number of alkyl carbamates (subject to hydrolysis) is 1. The summed E-state index contributed by atoms with van der Waals surface area (Å²) in [6.07, 6.45) is 3.26. The maximum absolute atomic E-state index is 13.0. The highest BCUT2D eigenvalue weighted by Gasteiger charge is 2.36. The van der Waals surface area contributed by atoms with Gasteiger partial charge in [0.15, 0.2) is 0 Å². The second-order valence-electron chi connectivity index (χ2n) is 9.23. The number of hydrogen-bond donors (Lipinski definition) is 3. The van der Waals surface area contributed by atoms with Gasteiger partial charge in [0, 0.05) is 12.0 Å². The molecule has 34 heavy (non-hydrogen) atoms. The summed E-state index contributed by atoms with van der Waals surface area (Å²) in [5.74, 6) is -1.31. The van der Waals surface area contributed by atoms with Crippen LogP contribution in [0.4, 0.5) is 4.79 Å². The van der Waals surface area contributed by atoms with Gasteiger partial charge in [-0.3, -0.25) is 9.59 Å². The number of nitrogens with one attached hydrogen (secondary N) is 2. The lowest BCUT2D eigenvalue weighted by Gasteiger charge is -2.34. The zero-order valence-electron chi connectivity index (χ0n) is 19.5. The SMILES string of the molecule is CCC[C@@H](CC(=O)O)NC(=O)C(NC(=O)OCC1c2ccccc2-c2ccccc21)C1CCC1. The average Bonchev–Trinajstić information content (AvgIpc) is 3.09. The molecule has 2 aliphatic carbocycles. The molecular formula is C27H32N2O5. The number of carboxylic acid groups (broad SMARTS) is 1. The van der Waals surface area contributed by atoms with E-state index in [0.29, 0.717) is 6.42 Å². The Morgan fingerprint density at radius 1 is 1.00 bits per heavy atom. The van der Waals surface area contributed by atoms with E-state index >= 15 is 0 Å². The Morgan fingerprint density at radius 3 is 2.15 bits per heavy atom. The molecule has 7 nitrogen and oxygen atoms in total. The highest BCUT2D eigenvalue weighted by Crippen LogP contribution is 2.44. The number of aliphatic carboxylic acids is 1. The minimum atomic E-state index is -0.955. The minimum Gasteiger partial charge on any atom is -0.481 e. The molecule has 2 aliphatic rings. The van der Waals surface area contributed by atoms with Crippen molar-refractivity contribution in [3.05, 3.63) is 59.7 Å². The first-order chi connectivity index (χ1) is 16.5. The van der Waals surface area contributed by atoms with Crippen LogP contribution in [0.15, 0.2) is 48.5 Å². The summed E-state index contributed by atoms with van der Waals surface area (Å²) in [7, 11) is 0. The summed E-state index contributed by atoms with van der Waals surface area (Å²) in [5.41, 5.74) is 4.56. The van der Waals surface area contributed by atoms with E-state index in [9.17, 15) is 14.4 Å². The largest absolute Gasteiger partial charge is 0.481 e. The molecule has 0 radical (unpaired) electrons. The monoisotopic (exact) mass is 464 g/mol. The zero-order chi connectivity index (χ0) is 24.1. The van der Waals surface area contributed by atoms with Crippen molar-refractivity contribution in [1.29, 1.82) is 0 Å². The molecule has 180 valence electrons. The molecule has 0 spiro atoms. The van der Waals surface area contributed by atoms with Crippen molar-refractivity contribution in [2.24, 2.45) is 5.92 Å². The Balaban J connectivity index is 1.40. The fourth-order valence-electron chi connectivity index (χ4n) is 5.01. The molecule has 0 heterocycles. The molecule has 0 saturated heterocycles. The number of benzene rings is 2. The standard InChI is InChI=1S/C27H32N2O5/c1-2-8-18(15-24(30)31)28-26(32)25(17-9-7-10-17)29-27(33)34-16-23-21-13-5-3-11-19(21)20-12-4-6-14-22(20)23/h3-6,11-14,17-18,23,25H,2,7-10,15-16H2,1H3,(H,28,32)(H,29,33)(H,30,31)/t18-,25?/m0/s1. The van der Waals surface area contributed by atoms with Crippen molar-refractivity contribution in [3.8, 4) is 11.1 Å². The lowest BCUT2D eigenvalue weighted by molar-refractivity contribution is -0.138. The van der Waals surface area contributed by atoms with Crippen molar-refractivity contribution in [3.63, 3.8) is 0 Å². The van der Waals surface area contributed by atoms with Crippen LogP contribution in [-0.2, 0) is 14.3 Å². The van der Waals surface area contributed by atoms with Gasteiger partial charge in [0.05, 0.1) is 6.42 Å². The molecule has 7 heteroatoms. The van der Waals surface area contributed by atoms with Gasteiger partial charge in [0.1, 0.15) is 12.6 Å². The number of ether oxygens (including phenoxy) is 1. The topological polar surface area (TPSA) is 105 Å². The number of carboxylic acids is 1. The number of fused-ring (bicyclic) bond motifs is 3. The predicted molar refractivity (Wildman–Crippen MR) is 128 cm³/mol. The second kappa shape index (κ2) is 10.7. The third-order valence-corrected chi connectivity index (χ3v) is 6.93. The van der Waals surface area contributed by atoms with E-state index in [2.05, 4.69) is 34.9 Å². The van der Waals surface area contributed by atoms with Crippen molar-refractivity contribution in [2.45, 2.75) is 63.5 Å². The van der Waals surface area contributed by atoms with E-state index in [1.54, 1.807) is 0 Å². The molecule has 2 atom stereocenters. The Bertz CT molecular complexity index is 1000. The number of amides is 2. The van der Waals surface area contributed by atoms with Gasteiger partial charge in [-0.25, -0.2) is 4.79 Å². The minimum absolute atomic E-state index is 0.0348. The number of hydrogen-bond acceptors (Lipinski definition) is 4. The molecule has 2 amide bonds. The van der Waals surface area contributed by atoms with Crippen LogP contribution in [0.1, 0.15) is 62.5 Å². The summed E-state index contributed by atoms with van der Waals surface area (Å²) >= 11 is 0. The first kappa shape index (κ1) is 23.8. The maximum atomic E-state index is 13.0. The van der Waals surface area contributed by atoms with E-state index in [0.717, 1.165) is 47.9 Å². The quantitative estimate of drug-likeness (QED) is 0.482. The Morgan fingerprint density at radius 2 is 1.62 bits per heavy atom. The molecule has 4 rings (SSSR count). The molecule has 1 fully saturated rings. The second-order valence-corrected chi connectivity index (χ2v) is 9.23. The van der Waals surface area contributed by atoms with Crippen LogP contribution in [0.25, 0.3) is 11.1 Å². The zero-order valence-corrected chi connectivity index (χ0v) is 19.5. The number of carbonyl (C=O) groups is 3. The predicted octanol–water partition coefficient (Wildman–Crippen LogP) is 4.45. The van der Waals surface area contributed by atoms with Gasteiger partial charge in [0.2, 0.25) is 5.91 Å².